The van der Waals surface area contributed by atoms with Gasteiger partial charge in [-0.2, -0.15) is 0 Å². The van der Waals surface area contributed by atoms with Gasteiger partial charge in [0.2, 0.25) is 0 Å². The lowest BCUT2D eigenvalue weighted by atomic mass is 10.0. The first kappa shape index (κ1) is 13.9. The third-order valence-electron chi connectivity index (χ3n) is 3.01. The first-order valence-corrected chi connectivity index (χ1v) is 7.11. The first-order valence-electron chi connectivity index (χ1n) is 6.31. The molecule has 0 saturated carbocycles. The summed E-state index contributed by atoms with van der Waals surface area (Å²) in [6.45, 7) is 4.15. The molecule has 0 aliphatic heterocycles. The third-order valence-corrected chi connectivity index (χ3v) is 3.47. The molecule has 3 nitrogen and oxygen atoms in total. The second-order valence-corrected chi connectivity index (χ2v) is 5.15. The second kappa shape index (κ2) is 6.06. The lowest BCUT2D eigenvalue weighted by molar-refractivity contribution is 0.0996. The Morgan fingerprint density at radius 3 is 2.37 bits per heavy atom. The summed E-state index contributed by atoms with van der Waals surface area (Å²) in [5.74, 6) is 0.115. The second-order valence-electron chi connectivity index (χ2n) is 4.24. The van der Waals surface area contributed by atoms with Gasteiger partial charge in [0.15, 0.2) is 5.76 Å². The Hall–Kier alpha value is -1.55. The van der Waals surface area contributed by atoms with E-state index in [2.05, 4.69) is 35.1 Å². The van der Waals surface area contributed by atoms with Crippen molar-refractivity contribution in [2.45, 2.75) is 26.7 Å². The van der Waals surface area contributed by atoms with Crippen LogP contribution in [-0.4, -0.2) is 5.91 Å². The largest absolute Gasteiger partial charge is 0.459 e. The average Bonchev–Trinajstić information content (AvgIpc) is 2.94. The standard InChI is InChI=1S/C15H16BrNO2/c1-3-10-8-12(16)9-11(4-2)14(10)17-15(18)13-6-5-7-19-13/h5-9H,3-4H2,1-2H3,(H,17,18). The van der Waals surface area contributed by atoms with Crippen molar-refractivity contribution in [3.63, 3.8) is 0 Å². The number of anilines is 1. The fourth-order valence-electron chi connectivity index (χ4n) is 2.03. The molecule has 1 heterocycles. The Morgan fingerprint density at radius 1 is 1.26 bits per heavy atom. The molecule has 0 aliphatic carbocycles. The number of benzene rings is 1. The zero-order valence-corrected chi connectivity index (χ0v) is 12.6. The summed E-state index contributed by atoms with van der Waals surface area (Å²) in [5, 5.41) is 2.96. The van der Waals surface area contributed by atoms with Crippen molar-refractivity contribution in [1.82, 2.24) is 0 Å². The number of hydrogen-bond donors (Lipinski definition) is 1. The minimum Gasteiger partial charge on any atom is -0.459 e. The molecule has 2 rings (SSSR count). The van der Waals surface area contributed by atoms with E-state index in [-0.39, 0.29) is 5.91 Å². The maximum atomic E-state index is 12.1. The summed E-state index contributed by atoms with van der Waals surface area (Å²) in [5.41, 5.74) is 3.13. The minimum atomic E-state index is -0.211. The van der Waals surface area contributed by atoms with E-state index in [1.165, 1.54) is 6.26 Å². The molecule has 4 heteroatoms. The lowest BCUT2D eigenvalue weighted by Gasteiger charge is -2.14. The number of rotatable bonds is 4. The summed E-state index contributed by atoms with van der Waals surface area (Å²) >= 11 is 3.50. The van der Waals surface area contributed by atoms with Crippen LogP contribution in [-0.2, 0) is 12.8 Å². The molecule has 0 aliphatic rings. The predicted molar refractivity (Wildman–Crippen MR) is 79.6 cm³/mol. The van der Waals surface area contributed by atoms with Gasteiger partial charge in [-0.15, -0.1) is 0 Å². The monoisotopic (exact) mass is 321 g/mol. The van der Waals surface area contributed by atoms with Gasteiger partial charge in [0.1, 0.15) is 0 Å². The molecule has 0 saturated heterocycles. The maximum absolute atomic E-state index is 12.1. The van der Waals surface area contributed by atoms with E-state index in [1.54, 1.807) is 12.1 Å². The van der Waals surface area contributed by atoms with Crippen LogP contribution < -0.4 is 5.32 Å². The molecule has 19 heavy (non-hydrogen) atoms. The third kappa shape index (κ3) is 3.07. The number of nitrogens with one attached hydrogen (secondary N) is 1. The van der Waals surface area contributed by atoms with E-state index < -0.39 is 0 Å². The Labute approximate surface area is 121 Å². The summed E-state index contributed by atoms with van der Waals surface area (Å²) in [6, 6.07) is 7.44. The Morgan fingerprint density at radius 2 is 1.89 bits per heavy atom. The van der Waals surface area contributed by atoms with Crippen molar-refractivity contribution < 1.29 is 9.21 Å². The molecule has 0 fully saturated rings. The molecule has 0 radical (unpaired) electrons. The van der Waals surface area contributed by atoms with Gasteiger partial charge in [-0.1, -0.05) is 29.8 Å². The lowest BCUT2D eigenvalue weighted by Crippen LogP contribution is -2.14. The zero-order chi connectivity index (χ0) is 13.8. The van der Waals surface area contributed by atoms with Gasteiger partial charge in [-0.25, -0.2) is 0 Å². The summed E-state index contributed by atoms with van der Waals surface area (Å²) < 4.78 is 6.16. The van der Waals surface area contributed by atoms with Gasteiger partial charge in [0.05, 0.1) is 6.26 Å². The molecule has 0 atom stereocenters. The number of halogens is 1. The van der Waals surface area contributed by atoms with Gasteiger partial charge >= 0.3 is 0 Å². The average molecular weight is 322 g/mol. The fourth-order valence-corrected chi connectivity index (χ4v) is 2.58. The van der Waals surface area contributed by atoms with Crippen molar-refractivity contribution in [1.29, 1.82) is 0 Å². The highest BCUT2D eigenvalue weighted by Gasteiger charge is 2.14. The molecule has 1 N–H and O–H groups in total. The van der Waals surface area contributed by atoms with Gasteiger partial charge in [0, 0.05) is 10.2 Å². The van der Waals surface area contributed by atoms with E-state index >= 15 is 0 Å². The minimum absolute atomic E-state index is 0.211. The molecule has 0 bridgehead atoms. The highest BCUT2D eigenvalue weighted by molar-refractivity contribution is 9.10. The first-order chi connectivity index (χ1) is 9.15. The molecular formula is C15H16BrNO2. The number of hydrogen-bond acceptors (Lipinski definition) is 2. The number of aryl methyl sites for hydroxylation is 2. The van der Waals surface area contributed by atoms with E-state index in [1.807, 2.05) is 12.1 Å². The van der Waals surface area contributed by atoms with Gasteiger partial charge in [-0.05, 0) is 48.2 Å². The van der Waals surface area contributed by atoms with Crippen molar-refractivity contribution >= 4 is 27.5 Å². The normalized spacial score (nSPS) is 10.5. The van der Waals surface area contributed by atoms with Gasteiger partial charge in [-0.3, -0.25) is 4.79 Å². The van der Waals surface area contributed by atoms with Crippen LogP contribution in [0.15, 0.2) is 39.4 Å². The van der Waals surface area contributed by atoms with Crippen molar-refractivity contribution in [2.75, 3.05) is 5.32 Å². The van der Waals surface area contributed by atoms with Crippen LogP contribution in [0, 0.1) is 0 Å². The Bertz CT molecular complexity index is 551. The molecule has 100 valence electrons. The van der Waals surface area contributed by atoms with E-state index in [0.29, 0.717) is 5.76 Å². The number of carbonyl (C=O) groups is 1. The summed E-state index contributed by atoms with van der Waals surface area (Å²) in [4.78, 5) is 12.1. The molecule has 0 spiro atoms. The molecule has 1 aromatic heterocycles. The van der Waals surface area contributed by atoms with Crippen LogP contribution >= 0.6 is 15.9 Å². The van der Waals surface area contributed by atoms with Crippen molar-refractivity contribution in [2.24, 2.45) is 0 Å². The van der Waals surface area contributed by atoms with Crippen molar-refractivity contribution in [3.05, 3.63) is 51.9 Å². The number of furan rings is 1. The highest BCUT2D eigenvalue weighted by atomic mass is 79.9. The molecule has 1 amide bonds. The molecular weight excluding hydrogens is 306 g/mol. The van der Waals surface area contributed by atoms with E-state index in [4.69, 9.17) is 4.42 Å². The number of amides is 1. The smallest absolute Gasteiger partial charge is 0.291 e. The van der Waals surface area contributed by atoms with E-state index in [0.717, 1.165) is 34.1 Å². The molecule has 0 unspecified atom stereocenters. The van der Waals surface area contributed by atoms with Crippen molar-refractivity contribution in [3.8, 4) is 0 Å². The Kier molecular flexibility index (Phi) is 4.43. The van der Waals surface area contributed by atoms with Crippen LogP contribution in [0.2, 0.25) is 0 Å². The van der Waals surface area contributed by atoms with Crippen LogP contribution in [0.4, 0.5) is 5.69 Å². The van der Waals surface area contributed by atoms with Gasteiger partial charge in [0.25, 0.3) is 5.91 Å². The predicted octanol–water partition coefficient (Wildman–Crippen LogP) is 4.42. The van der Waals surface area contributed by atoms with Gasteiger partial charge < -0.3 is 9.73 Å². The maximum Gasteiger partial charge on any atom is 0.291 e. The summed E-state index contributed by atoms with van der Waals surface area (Å²) in [7, 11) is 0. The SMILES string of the molecule is CCc1cc(Br)cc(CC)c1NC(=O)c1ccco1. The van der Waals surface area contributed by atoms with E-state index in [9.17, 15) is 4.79 Å². The van der Waals surface area contributed by atoms with Crippen LogP contribution in [0.5, 0.6) is 0 Å². The van der Waals surface area contributed by atoms with Crippen LogP contribution in [0.1, 0.15) is 35.5 Å². The highest BCUT2D eigenvalue weighted by Crippen LogP contribution is 2.28. The fraction of sp³-hybridized carbons (Fsp3) is 0.267. The Balaban J connectivity index is 2.36. The van der Waals surface area contributed by atoms with Crippen LogP contribution in [0.3, 0.4) is 0 Å². The molecule has 1 aromatic carbocycles. The molecule has 2 aromatic rings. The summed E-state index contributed by atoms with van der Waals surface area (Å²) in [6.07, 6.45) is 3.22. The number of carbonyl (C=O) groups excluding carboxylic acids is 1. The quantitative estimate of drug-likeness (QED) is 0.905. The zero-order valence-electron chi connectivity index (χ0n) is 11.0. The van der Waals surface area contributed by atoms with Crippen LogP contribution in [0.25, 0.3) is 0 Å². The topological polar surface area (TPSA) is 42.2 Å².